The van der Waals surface area contributed by atoms with E-state index in [1.54, 1.807) is 12.4 Å². The van der Waals surface area contributed by atoms with Crippen LogP contribution in [0.15, 0.2) is 48.8 Å². The quantitative estimate of drug-likeness (QED) is 0.822. The first kappa shape index (κ1) is 16.4. The predicted molar refractivity (Wildman–Crippen MR) is 97.2 cm³/mol. The van der Waals surface area contributed by atoms with E-state index in [-0.39, 0.29) is 11.5 Å². The zero-order valence-corrected chi connectivity index (χ0v) is 14.4. The maximum absolute atomic E-state index is 5.35. The Bertz CT molecular complexity index is 615. The molecule has 1 atom stereocenters. The molecule has 2 N–H and O–H groups in total. The molecule has 1 aromatic heterocycles. The third-order valence-corrected chi connectivity index (χ3v) is 3.78. The molecule has 2 rings (SSSR count). The fourth-order valence-corrected chi connectivity index (χ4v) is 2.45. The van der Waals surface area contributed by atoms with E-state index in [4.69, 9.17) is 12.2 Å². The summed E-state index contributed by atoms with van der Waals surface area (Å²) >= 11 is 5.35. The first-order valence-electron chi connectivity index (χ1n) is 7.44. The van der Waals surface area contributed by atoms with Crippen LogP contribution in [-0.2, 0) is 5.41 Å². The van der Waals surface area contributed by atoms with Crippen molar-refractivity contribution in [1.29, 1.82) is 0 Å². The maximum atomic E-state index is 5.35. The molecule has 2 aromatic rings. The molecule has 0 amide bonds. The molecule has 1 aromatic carbocycles. The summed E-state index contributed by atoms with van der Waals surface area (Å²) < 4.78 is 0. The molecule has 0 spiro atoms. The summed E-state index contributed by atoms with van der Waals surface area (Å²) in [6.45, 7) is 8.76. The summed E-state index contributed by atoms with van der Waals surface area (Å²) in [6.07, 6.45) is 3.47. The van der Waals surface area contributed by atoms with Crippen LogP contribution < -0.4 is 10.6 Å². The van der Waals surface area contributed by atoms with E-state index in [9.17, 15) is 0 Å². The molecule has 0 aliphatic rings. The molecule has 0 bridgehead atoms. The number of hydrogen-bond donors (Lipinski definition) is 2. The highest BCUT2D eigenvalue weighted by atomic mass is 32.1. The lowest BCUT2D eigenvalue weighted by Crippen LogP contribution is -2.30. The molecule has 4 heteroatoms. The number of hydrogen-bond acceptors (Lipinski definition) is 2. The van der Waals surface area contributed by atoms with E-state index in [1.165, 1.54) is 11.1 Å². The van der Waals surface area contributed by atoms with E-state index < -0.39 is 0 Å². The number of anilines is 1. The van der Waals surface area contributed by atoms with Gasteiger partial charge in [-0.25, -0.2) is 0 Å². The first-order chi connectivity index (χ1) is 10.4. The lowest BCUT2D eigenvalue weighted by molar-refractivity contribution is 0.589. The van der Waals surface area contributed by atoms with Gasteiger partial charge in [-0.2, -0.15) is 0 Å². The molecule has 3 nitrogen and oxygen atoms in total. The Balaban J connectivity index is 1.97. The van der Waals surface area contributed by atoms with Crippen molar-refractivity contribution in [2.24, 2.45) is 0 Å². The van der Waals surface area contributed by atoms with Gasteiger partial charge >= 0.3 is 0 Å². The van der Waals surface area contributed by atoms with E-state index in [0.717, 1.165) is 5.69 Å². The summed E-state index contributed by atoms with van der Waals surface area (Å²) in [5.41, 5.74) is 3.66. The van der Waals surface area contributed by atoms with Gasteiger partial charge in [0.15, 0.2) is 5.11 Å². The van der Waals surface area contributed by atoms with Crippen LogP contribution in [0.2, 0.25) is 0 Å². The van der Waals surface area contributed by atoms with Gasteiger partial charge in [-0.1, -0.05) is 45.0 Å². The highest BCUT2D eigenvalue weighted by molar-refractivity contribution is 7.80. The van der Waals surface area contributed by atoms with Gasteiger partial charge in [-0.3, -0.25) is 4.98 Å². The second kappa shape index (κ2) is 6.88. The lowest BCUT2D eigenvalue weighted by atomic mass is 9.86. The molecule has 0 saturated carbocycles. The Kier molecular flexibility index (Phi) is 5.14. The van der Waals surface area contributed by atoms with Crippen LogP contribution in [0.4, 0.5) is 5.69 Å². The second-order valence-electron chi connectivity index (χ2n) is 6.43. The summed E-state index contributed by atoms with van der Waals surface area (Å²) in [5.74, 6) is 0. The summed E-state index contributed by atoms with van der Waals surface area (Å²) in [5, 5.41) is 7.07. The van der Waals surface area contributed by atoms with Crippen LogP contribution in [0.3, 0.4) is 0 Å². The fourth-order valence-electron chi connectivity index (χ4n) is 2.15. The Morgan fingerprint density at radius 2 is 1.64 bits per heavy atom. The van der Waals surface area contributed by atoms with Crippen molar-refractivity contribution in [3.63, 3.8) is 0 Å². The molecule has 116 valence electrons. The minimum absolute atomic E-state index is 0.149. The number of rotatable bonds is 3. The van der Waals surface area contributed by atoms with Gasteiger partial charge in [0.1, 0.15) is 0 Å². The van der Waals surface area contributed by atoms with Crippen molar-refractivity contribution >= 4 is 23.0 Å². The van der Waals surface area contributed by atoms with Gasteiger partial charge in [0.05, 0.1) is 6.04 Å². The normalized spacial score (nSPS) is 12.5. The molecule has 0 radical (unpaired) electrons. The van der Waals surface area contributed by atoms with Gasteiger partial charge in [0.25, 0.3) is 0 Å². The van der Waals surface area contributed by atoms with Gasteiger partial charge in [0, 0.05) is 18.1 Å². The Labute approximate surface area is 138 Å². The monoisotopic (exact) mass is 313 g/mol. The van der Waals surface area contributed by atoms with Crippen molar-refractivity contribution in [3.8, 4) is 0 Å². The average molecular weight is 313 g/mol. The molecule has 22 heavy (non-hydrogen) atoms. The van der Waals surface area contributed by atoms with E-state index in [2.05, 4.69) is 67.6 Å². The van der Waals surface area contributed by atoms with Gasteiger partial charge in [-0.15, -0.1) is 0 Å². The van der Waals surface area contributed by atoms with Crippen molar-refractivity contribution in [2.45, 2.75) is 39.2 Å². The zero-order chi connectivity index (χ0) is 16.2. The lowest BCUT2D eigenvalue weighted by Gasteiger charge is -2.21. The largest absolute Gasteiger partial charge is 0.356 e. The highest BCUT2D eigenvalue weighted by Gasteiger charge is 2.14. The fraction of sp³-hybridized carbons (Fsp3) is 0.333. The zero-order valence-electron chi connectivity index (χ0n) is 13.6. The van der Waals surface area contributed by atoms with E-state index in [1.807, 2.05) is 12.1 Å². The van der Waals surface area contributed by atoms with Crippen molar-refractivity contribution in [1.82, 2.24) is 10.3 Å². The first-order valence-corrected chi connectivity index (χ1v) is 7.85. The molecule has 0 saturated heterocycles. The minimum Gasteiger partial charge on any atom is -0.356 e. The Morgan fingerprint density at radius 1 is 1.05 bits per heavy atom. The van der Waals surface area contributed by atoms with E-state index >= 15 is 0 Å². The minimum atomic E-state index is 0.149. The molecule has 0 aliphatic heterocycles. The number of benzene rings is 1. The Morgan fingerprint density at radius 3 is 2.18 bits per heavy atom. The standard InChI is InChI=1S/C18H23N3S/c1-13(14-5-7-15(8-6-14)18(2,3)4)20-17(22)21-16-9-11-19-12-10-16/h5-13H,1-4H3,(H2,19,20,21,22)/t13-/m0/s1. The molecule has 0 fully saturated rings. The van der Waals surface area contributed by atoms with Crippen molar-refractivity contribution < 1.29 is 0 Å². The number of nitrogens with zero attached hydrogens (tertiary/aromatic N) is 1. The summed E-state index contributed by atoms with van der Waals surface area (Å²) in [4.78, 5) is 3.99. The topological polar surface area (TPSA) is 37.0 Å². The van der Waals surface area contributed by atoms with Crippen LogP contribution in [0, 0.1) is 0 Å². The van der Waals surface area contributed by atoms with E-state index in [0.29, 0.717) is 5.11 Å². The van der Waals surface area contributed by atoms with Crippen LogP contribution in [0.5, 0.6) is 0 Å². The average Bonchev–Trinajstić information content (AvgIpc) is 2.47. The predicted octanol–water partition coefficient (Wildman–Crippen LogP) is 4.43. The molecular formula is C18H23N3S. The molecular weight excluding hydrogens is 290 g/mol. The highest BCUT2D eigenvalue weighted by Crippen LogP contribution is 2.23. The number of thiocarbonyl (C=S) groups is 1. The van der Waals surface area contributed by atoms with Crippen LogP contribution in [0.1, 0.15) is 44.9 Å². The summed E-state index contributed by atoms with van der Waals surface area (Å²) in [7, 11) is 0. The SMILES string of the molecule is C[C@H](NC(=S)Nc1ccncc1)c1ccc(C(C)(C)C)cc1. The second-order valence-corrected chi connectivity index (χ2v) is 6.84. The smallest absolute Gasteiger partial charge is 0.171 e. The molecule has 1 heterocycles. The molecule has 0 aliphatic carbocycles. The van der Waals surface area contributed by atoms with Crippen LogP contribution in [0.25, 0.3) is 0 Å². The summed E-state index contributed by atoms with van der Waals surface area (Å²) in [6, 6.07) is 12.6. The van der Waals surface area contributed by atoms with Crippen molar-refractivity contribution in [3.05, 3.63) is 59.9 Å². The number of pyridine rings is 1. The maximum Gasteiger partial charge on any atom is 0.171 e. The van der Waals surface area contributed by atoms with Gasteiger partial charge in [-0.05, 0) is 47.8 Å². The van der Waals surface area contributed by atoms with Gasteiger partial charge in [0.2, 0.25) is 0 Å². The van der Waals surface area contributed by atoms with Crippen molar-refractivity contribution in [2.75, 3.05) is 5.32 Å². The Hall–Kier alpha value is -1.94. The third kappa shape index (κ3) is 4.53. The third-order valence-electron chi connectivity index (χ3n) is 3.56. The van der Waals surface area contributed by atoms with Crippen LogP contribution >= 0.6 is 12.2 Å². The molecule has 0 unspecified atom stereocenters. The number of nitrogens with one attached hydrogen (secondary N) is 2. The van der Waals surface area contributed by atoms with Gasteiger partial charge < -0.3 is 10.6 Å². The number of aromatic nitrogens is 1. The van der Waals surface area contributed by atoms with Crippen LogP contribution in [-0.4, -0.2) is 10.1 Å².